The van der Waals surface area contributed by atoms with Gasteiger partial charge in [0, 0.05) is 36.2 Å². The van der Waals surface area contributed by atoms with Crippen molar-refractivity contribution in [2.45, 2.75) is 19.1 Å². The number of nitro groups is 1. The number of hydrogen-bond acceptors (Lipinski definition) is 4. The van der Waals surface area contributed by atoms with E-state index in [0.717, 1.165) is 23.0 Å². The van der Waals surface area contributed by atoms with Crippen molar-refractivity contribution >= 4 is 21.6 Å². The molecule has 1 heterocycles. The van der Waals surface area contributed by atoms with E-state index in [9.17, 15) is 15.2 Å². The second-order valence-corrected chi connectivity index (χ2v) is 5.06. The number of rotatable bonds is 3. The maximum absolute atomic E-state index is 10.7. The van der Waals surface area contributed by atoms with Crippen molar-refractivity contribution in [1.82, 2.24) is 4.90 Å². The predicted octanol–water partition coefficient (Wildman–Crippen LogP) is 1.92. The number of nitro benzene ring substituents is 1. The zero-order valence-corrected chi connectivity index (χ0v) is 10.8. The van der Waals surface area contributed by atoms with Crippen LogP contribution in [0.4, 0.5) is 5.69 Å². The molecular formula is C11H13BrN2O3. The Morgan fingerprint density at radius 2 is 2.35 bits per heavy atom. The van der Waals surface area contributed by atoms with Crippen LogP contribution in [-0.2, 0) is 6.54 Å². The quantitative estimate of drug-likeness (QED) is 0.684. The second kappa shape index (κ2) is 5.12. The minimum atomic E-state index is -0.394. The van der Waals surface area contributed by atoms with Gasteiger partial charge in [0.2, 0.25) is 0 Å². The third kappa shape index (κ3) is 3.02. The van der Waals surface area contributed by atoms with Crippen molar-refractivity contribution in [2.75, 3.05) is 13.1 Å². The molecule has 92 valence electrons. The van der Waals surface area contributed by atoms with Crippen LogP contribution in [-0.4, -0.2) is 34.1 Å². The number of aliphatic hydroxyl groups excluding tert-OH is 1. The van der Waals surface area contributed by atoms with Crippen molar-refractivity contribution in [1.29, 1.82) is 0 Å². The second-order valence-electron chi connectivity index (χ2n) is 4.21. The van der Waals surface area contributed by atoms with Gasteiger partial charge in [-0.3, -0.25) is 15.0 Å². The highest BCUT2D eigenvalue weighted by Crippen LogP contribution is 2.25. The lowest BCUT2D eigenvalue weighted by molar-refractivity contribution is -0.384. The smallest absolute Gasteiger partial charge is 0.269 e. The summed E-state index contributed by atoms with van der Waals surface area (Å²) in [6.45, 7) is 2.09. The largest absolute Gasteiger partial charge is 0.392 e. The molecule has 0 radical (unpaired) electrons. The van der Waals surface area contributed by atoms with Crippen LogP contribution in [0, 0.1) is 10.1 Å². The molecule has 17 heavy (non-hydrogen) atoms. The Hall–Kier alpha value is -0.980. The highest BCUT2D eigenvalue weighted by Gasteiger charge is 2.21. The predicted molar refractivity (Wildman–Crippen MR) is 66.7 cm³/mol. The van der Waals surface area contributed by atoms with Gasteiger partial charge in [0.1, 0.15) is 0 Å². The minimum Gasteiger partial charge on any atom is -0.392 e. The summed E-state index contributed by atoms with van der Waals surface area (Å²) in [7, 11) is 0. The van der Waals surface area contributed by atoms with E-state index in [1.165, 1.54) is 6.07 Å². The SMILES string of the molecule is O=[N+]([O-])c1ccc(Br)c(CN2CC[C@@H](O)C2)c1. The van der Waals surface area contributed by atoms with Gasteiger partial charge in [-0.15, -0.1) is 0 Å². The number of halogens is 1. The Kier molecular flexibility index (Phi) is 3.76. The molecule has 0 unspecified atom stereocenters. The van der Waals surface area contributed by atoms with Crippen LogP contribution < -0.4 is 0 Å². The summed E-state index contributed by atoms with van der Waals surface area (Å²) in [5.41, 5.74) is 0.983. The first-order chi connectivity index (χ1) is 8.06. The number of β-amino-alcohol motifs (C(OH)–C–C–N with tert-alkyl or cyclic N) is 1. The van der Waals surface area contributed by atoms with Crippen molar-refractivity contribution in [2.24, 2.45) is 0 Å². The van der Waals surface area contributed by atoms with Gasteiger partial charge in [0.05, 0.1) is 11.0 Å². The average molecular weight is 301 g/mol. The Labute approximate surface area is 107 Å². The molecule has 1 N–H and O–H groups in total. The Morgan fingerprint density at radius 3 is 2.94 bits per heavy atom. The van der Waals surface area contributed by atoms with Gasteiger partial charge in [0.15, 0.2) is 0 Å². The molecule has 0 spiro atoms. The molecule has 1 aromatic rings. The fourth-order valence-corrected chi connectivity index (χ4v) is 2.36. The minimum absolute atomic E-state index is 0.0999. The third-order valence-electron chi connectivity index (χ3n) is 2.88. The van der Waals surface area contributed by atoms with Crippen LogP contribution in [0.25, 0.3) is 0 Å². The van der Waals surface area contributed by atoms with Crippen LogP contribution in [0.15, 0.2) is 22.7 Å². The van der Waals surface area contributed by atoms with Crippen molar-refractivity contribution in [3.05, 3.63) is 38.3 Å². The van der Waals surface area contributed by atoms with E-state index in [2.05, 4.69) is 20.8 Å². The van der Waals surface area contributed by atoms with Crippen LogP contribution in [0.5, 0.6) is 0 Å². The molecule has 0 amide bonds. The van der Waals surface area contributed by atoms with Gasteiger partial charge >= 0.3 is 0 Å². The summed E-state index contributed by atoms with van der Waals surface area (Å²) in [5, 5.41) is 20.1. The zero-order valence-electron chi connectivity index (χ0n) is 9.17. The molecule has 1 aromatic carbocycles. The molecule has 1 aliphatic heterocycles. The van der Waals surface area contributed by atoms with Crippen molar-refractivity contribution < 1.29 is 10.0 Å². The van der Waals surface area contributed by atoms with Gasteiger partial charge < -0.3 is 5.11 Å². The first kappa shape index (κ1) is 12.5. The van der Waals surface area contributed by atoms with E-state index in [-0.39, 0.29) is 11.8 Å². The van der Waals surface area contributed by atoms with Crippen LogP contribution in [0.3, 0.4) is 0 Å². The fourth-order valence-electron chi connectivity index (χ4n) is 1.99. The standard InChI is InChI=1S/C11H13BrN2O3/c12-11-2-1-9(14(16)17)5-8(11)6-13-4-3-10(15)7-13/h1-2,5,10,15H,3-4,6-7H2/t10-/m1/s1. The summed E-state index contributed by atoms with van der Waals surface area (Å²) < 4.78 is 0.865. The van der Waals surface area contributed by atoms with Gasteiger partial charge in [-0.05, 0) is 18.1 Å². The van der Waals surface area contributed by atoms with E-state index < -0.39 is 4.92 Å². The Morgan fingerprint density at radius 1 is 1.59 bits per heavy atom. The molecule has 5 nitrogen and oxygen atoms in total. The number of non-ortho nitro benzene ring substituents is 1. The molecule has 0 aromatic heterocycles. The number of aliphatic hydroxyl groups is 1. The Balaban J connectivity index is 2.14. The number of nitrogens with zero attached hydrogens (tertiary/aromatic N) is 2. The van der Waals surface area contributed by atoms with Crippen molar-refractivity contribution in [3.63, 3.8) is 0 Å². The van der Waals surface area contributed by atoms with E-state index >= 15 is 0 Å². The first-order valence-electron chi connectivity index (χ1n) is 5.39. The van der Waals surface area contributed by atoms with Gasteiger partial charge in [-0.25, -0.2) is 0 Å². The molecule has 0 aliphatic carbocycles. The maximum Gasteiger partial charge on any atom is 0.269 e. The lowest BCUT2D eigenvalue weighted by atomic mass is 10.2. The van der Waals surface area contributed by atoms with E-state index in [1.54, 1.807) is 12.1 Å². The molecule has 1 fully saturated rings. The third-order valence-corrected chi connectivity index (χ3v) is 3.66. The lowest BCUT2D eigenvalue weighted by Crippen LogP contribution is -2.21. The highest BCUT2D eigenvalue weighted by molar-refractivity contribution is 9.10. The molecule has 1 saturated heterocycles. The topological polar surface area (TPSA) is 66.6 Å². The number of benzene rings is 1. The zero-order chi connectivity index (χ0) is 12.4. The summed E-state index contributed by atoms with van der Waals surface area (Å²) >= 11 is 3.39. The summed E-state index contributed by atoms with van der Waals surface area (Å²) in [6, 6.07) is 4.75. The molecule has 1 aliphatic rings. The monoisotopic (exact) mass is 300 g/mol. The van der Waals surface area contributed by atoms with Crippen molar-refractivity contribution in [3.8, 4) is 0 Å². The lowest BCUT2D eigenvalue weighted by Gasteiger charge is -2.15. The van der Waals surface area contributed by atoms with Crippen LogP contribution in [0.2, 0.25) is 0 Å². The van der Waals surface area contributed by atoms with Gasteiger partial charge in [-0.2, -0.15) is 0 Å². The maximum atomic E-state index is 10.7. The number of hydrogen-bond donors (Lipinski definition) is 1. The highest BCUT2D eigenvalue weighted by atomic mass is 79.9. The van der Waals surface area contributed by atoms with Crippen LogP contribution in [0.1, 0.15) is 12.0 Å². The molecular weight excluding hydrogens is 288 g/mol. The first-order valence-corrected chi connectivity index (χ1v) is 6.19. The molecule has 1 atom stereocenters. The molecule has 2 rings (SSSR count). The summed E-state index contributed by atoms with van der Waals surface area (Å²) in [4.78, 5) is 12.4. The van der Waals surface area contributed by atoms with Gasteiger partial charge in [0.25, 0.3) is 5.69 Å². The molecule has 0 saturated carbocycles. The van der Waals surface area contributed by atoms with E-state index in [0.29, 0.717) is 13.1 Å². The fraction of sp³-hybridized carbons (Fsp3) is 0.455. The average Bonchev–Trinajstić information content (AvgIpc) is 2.67. The van der Waals surface area contributed by atoms with E-state index in [1.807, 2.05) is 0 Å². The summed E-state index contributed by atoms with van der Waals surface area (Å²) in [6.07, 6.45) is 0.500. The normalized spacial score (nSPS) is 20.7. The molecule has 0 bridgehead atoms. The van der Waals surface area contributed by atoms with Crippen LogP contribution >= 0.6 is 15.9 Å². The van der Waals surface area contributed by atoms with E-state index in [4.69, 9.17) is 0 Å². The molecule has 6 heteroatoms. The summed E-state index contributed by atoms with van der Waals surface area (Å²) in [5.74, 6) is 0. The van der Waals surface area contributed by atoms with Gasteiger partial charge in [-0.1, -0.05) is 15.9 Å². The number of likely N-dealkylation sites (tertiary alicyclic amines) is 1. The Bertz CT molecular complexity index is 439.